The highest BCUT2D eigenvalue weighted by Gasteiger charge is 2.51. The Kier molecular flexibility index (Phi) is 1.37. The summed E-state index contributed by atoms with van der Waals surface area (Å²) < 4.78 is 0. The molecular formula is C8H13Br. The molecule has 1 heteroatoms. The van der Waals surface area contributed by atoms with Gasteiger partial charge in [-0.3, -0.25) is 0 Å². The van der Waals surface area contributed by atoms with Crippen LogP contribution in [0.5, 0.6) is 0 Å². The lowest BCUT2D eigenvalue weighted by atomic mass is 9.87. The maximum absolute atomic E-state index is 3.70. The van der Waals surface area contributed by atoms with Crippen LogP contribution in [0.25, 0.3) is 0 Å². The minimum atomic E-state index is 0.804. The number of rotatable bonds is 0. The van der Waals surface area contributed by atoms with E-state index in [-0.39, 0.29) is 0 Å². The maximum Gasteiger partial charge on any atom is 0.0208 e. The van der Waals surface area contributed by atoms with E-state index in [0.717, 1.165) is 10.2 Å². The Bertz CT molecular complexity index is 114. The molecule has 2 aliphatic rings. The zero-order valence-electron chi connectivity index (χ0n) is 5.70. The fourth-order valence-corrected chi connectivity index (χ4v) is 3.17. The molecule has 0 saturated heterocycles. The second-order valence-corrected chi connectivity index (χ2v) is 4.70. The molecule has 2 saturated carbocycles. The van der Waals surface area contributed by atoms with E-state index in [1.54, 1.807) is 0 Å². The summed E-state index contributed by atoms with van der Waals surface area (Å²) in [5.41, 5.74) is 0.804. The Hall–Kier alpha value is 0.480. The Balaban J connectivity index is 1.97. The molecule has 0 aromatic carbocycles. The van der Waals surface area contributed by atoms with Gasteiger partial charge >= 0.3 is 0 Å². The normalized spacial score (nSPS) is 39.0. The molecular weight excluding hydrogens is 176 g/mol. The first kappa shape index (κ1) is 6.21. The Morgan fingerprint density at radius 3 is 2.00 bits per heavy atom. The first-order valence-corrected chi connectivity index (χ1v) is 4.89. The van der Waals surface area contributed by atoms with E-state index in [1.807, 2.05) is 0 Å². The van der Waals surface area contributed by atoms with Crippen molar-refractivity contribution in [1.82, 2.24) is 0 Å². The van der Waals surface area contributed by atoms with E-state index in [2.05, 4.69) is 15.9 Å². The van der Waals surface area contributed by atoms with E-state index in [9.17, 15) is 0 Å². The van der Waals surface area contributed by atoms with Gasteiger partial charge in [-0.2, -0.15) is 0 Å². The smallest absolute Gasteiger partial charge is 0.0208 e. The Labute approximate surface area is 65.1 Å². The average molecular weight is 189 g/mol. The monoisotopic (exact) mass is 188 g/mol. The van der Waals surface area contributed by atoms with E-state index in [1.165, 1.54) is 38.5 Å². The minimum absolute atomic E-state index is 0.804. The van der Waals surface area contributed by atoms with Crippen LogP contribution >= 0.6 is 15.9 Å². The summed E-state index contributed by atoms with van der Waals surface area (Å²) in [5, 5.41) is 0. The highest BCUT2D eigenvalue weighted by molar-refractivity contribution is 9.09. The molecule has 0 heterocycles. The van der Waals surface area contributed by atoms with Crippen molar-refractivity contribution in [3.05, 3.63) is 0 Å². The number of alkyl halides is 1. The van der Waals surface area contributed by atoms with Crippen LogP contribution in [-0.4, -0.2) is 4.83 Å². The van der Waals surface area contributed by atoms with Crippen LogP contribution in [0, 0.1) is 5.41 Å². The lowest BCUT2D eigenvalue weighted by Gasteiger charge is -2.20. The van der Waals surface area contributed by atoms with Gasteiger partial charge in [-0.25, -0.2) is 0 Å². The standard InChI is InChI=1S/C8H13Br/c9-7-6-8(7)4-2-1-3-5-8/h7H,1-6H2. The molecule has 9 heavy (non-hydrogen) atoms. The van der Waals surface area contributed by atoms with Crippen LogP contribution in [0.2, 0.25) is 0 Å². The van der Waals surface area contributed by atoms with Gasteiger partial charge in [0.1, 0.15) is 0 Å². The highest BCUT2D eigenvalue weighted by Crippen LogP contribution is 2.60. The molecule has 2 aliphatic carbocycles. The second-order valence-electron chi connectivity index (χ2n) is 3.59. The second kappa shape index (κ2) is 1.98. The SMILES string of the molecule is BrC1CC12CCCCC2. The van der Waals surface area contributed by atoms with Crippen LogP contribution in [0.4, 0.5) is 0 Å². The zero-order chi connectivity index (χ0) is 6.32. The first-order valence-electron chi connectivity index (χ1n) is 3.98. The minimum Gasteiger partial charge on any atom is -0.0884 e. The molecule has 0 N–H and O–H groups in total. The van der Waals surface area contributed by atoms with Gasteiger partial charge in [0, 0.05) is 4.83 Å². The van der Waals surface area contributed by atoms with Crippen LogP contribution in [-0.2, 0) is 0 Å². The predicted octanol–water partition coefficient (Wildman–Crippen LogP) is 3.10. The van der Waals surface area contributed by atoms with Gasteiger partial charge in [0.25, 0.3) is 0 Å². The van der Waals surface area contributed by atoms with Crippen molar-refractivity contribution in [1.29, 1.82) is 0 Å². The third kappa shape index (κ3) is 0.938. The molecule has 0 aromatic heterocycles. The molecule has 52 valence electrons. The van der Waals surface area contributed by atoms with Crippen LogP contribution in [0.15, 0.2) is 0 Å². The van der Waals surface area contributed by atoms with Crippen molar-refractivity contribution in [3.8, 4) is 0 Å². The van der Waals surface area contributed by atoms with Crippen molar-refractivity contribution >= 4 is 15.9 Å². The molecule has 2 fully saturated rings. The van der Waals surface area contributed by atoms with Crippen LogP contribution < -0.4 is 0 Å². The molecule has 1 spiro atoms. The first-order chi connectivity index (χ1) is 4.33. The summed E-state index contributed by atoms with van der Waals surface area (Å²) in [7, 11) is 0. The van der Waals surface area contributed by atoms with Crippen molar-refractivity contribution in [2.45, 2.75) is 43.4 Å². The van der Waals surface area contributed by atoms with Gasteiger partial charge < -0.3 is 0 Å². The molecule has 0 nitrogen and oxygen atoms in total. The van der Waals surface area contributed by atoms with Crippen molar-refractivity contribution < 1.29 is 0 Å². The van der Waals surface area contributed by atoms with Crippen LogP contribution in [0.1, 0.15) is 38.5 Å². The third-order valence-electron chi connectivity index (χ3n) is 2.94. The molecule has 0 bridgehead atoms. The van der Waals surface area contributed by atoms with Gasteiger partial charge in [-0.1, -0.05) is 35.2 Å². The molecule has 2 rings (SSSR count). The average Bonchev–Trinajstić information content (AvgIpc) is 2.44. The van der Waals surface area contributed by atoms with E-state index in [0.29, 0.717) is 0 Å². The number of hydrogen-bond acceptors (Lipinski definition) is 0. The summed E-state index contributed by atoms with van der Waals surface area (Å²) in [6, 6.07) is 0. The maximum atomic E-state index is 3.70. The van der Waals surface area contributed by atoms with Gasteiger partial charge in [0.15, 0.2) is 0 Å². The van der Waals surface area contributed by atoms with Crippen molar-refractivity contribution in [2.75, 3.05) is 0 Å². The summed E-state index contributed by atoms with van der Waals surface area (Å²) >= 11 is 3.70. The largest absolute Gasteiger partial charge is 0.0884 e. The number of hydrogen-bond donors (Lipinski definition) is 0. The van der Waals surface area contributed by atoms with Gasteiger partial charge in [0.05, 0.1) is 0 Å². The highest BCUT2D eigenvalue weighted by atomic mass is 79.9. The lowest BCUT2D eigenvalue weighted by Crippen LogP contribution is -2.08. The Morgan fingerprint density at radius 1 is 1.11 bits per heavy atom. The van der Waals surface area contributed by atoms with Crippen molar-refractivity contribution in [2.24, 2.45) is 5.41 Å². The van der Waals surface area contributed by atoms with E-state index >= 15 is 0 Å². The number of halogens is 1. The molecule has 1 atom stereocenters. The molecule has 0 radical (unpaired) electrons. The quantitative estimate of drug-likeness (QED) is 0.513. The Morgan fingerprint density at radius 2 is 1.67 bits per heavy atom. The van der Waals surface area contributed by atoms with Gasteiger partial charge in [-0.15, -0.1) is 0 Å². The summed E-state index contributed by atoms with van der Waals surface area (Å²) in [6.45, 7) is 0. The van der Waals surface area contributed by atoms with Crippen molar-refractivity contribution in [3.63, 3.8) is 0 Å². The predicted molar refractivity (Wildman–Crippen MR) is 42.9 cm³/mol. The molecule has 0 aliphatic heterocycles. The van der Waals surface area contributed by atoms with E-state index < -0.39 is 0 Å². The van der Waals surface area contributed by atoms with Gasteiger partial charge in [-0.05, 0) is 24.7 Å². The summed E-state index contributed by atoms with van der Waals surface area (Å²) in [5.74, 6) is 0. The van der Waals surface area contributed by atoms with Gasteiger partial charge in [0.2, 0.25) is 0 Å². The fourth-order valence-electron chi connectivity index (χ4n) is 2.07. The zero-order valence-corrected chi connectivity index (χ0v) is 7.28. The van der Waals surface area contributed by atoms with E-state index in [4.69, 9.17) is 0 Å². The van der Waals surface area contributed by atoms with Crippen LogP contribution in [0.3, 0.4) is 0 Å². The topological polar surface area (TPSA) is 0 Å². The molecule has 0 amide bonds. The fraction of sp³-hybridized carbons (Fsp3) is 1.00. The lowest BCUT2D eigenvalue weighted by molar-refractivity contribution is 0.340. The summed E-state index contributed by atoms with van der Waals surface area (Å²) in [6.07, 6.45) is 8.94. The molecule has 1 unspecified atom stereocenters. The summed E-state index contributed by atoms with van der Waals surface area (Å²) in [4.78, 5) is 0.894. The third-order valence-corrected chi connectivity index (χ3v) is 4.23. The molecule has 0 aromatic rings.